The zero-order chi connectivity index (χ0) is 18.1. The van der Waals surface area contributed by atoms with Gasteiger partial charge in [-0.2, -0.15) is 4.98 Å². The molecule has 8 heteroatoms. The lowest BCUT2D eigenvalue weighted by Crippen LogP contribution is -2.41. The van der Waals surface area contributed by atoms with E-state index in [-0.39, 0.29) is 17.5 Å². The number of rotatable bonds is 3. The molecule has 0 radical (unpaired) electrons. The number of amides is 1. The van der Waals surface area contributed by atoms with Gasteiger partial charge in [-0.1, -0.05) is 17.3 Å². The summed E-state index contributed by atoms with van der Waals surface area (Å²) in [7, 11) is 0. The molecular formula is C18H18FN5O2. The third kappa shape index (κ3) is 2.98. The number of piperidine rings is 1. The summed E-state index contributed by atoms with van der Waals surface area (Å²) in [6.07, 6.45) is 3.02. The van der Waals surface area contributed by atoms with Crippen LogP contribution in [0.5, 0.6) is 0 Å². The van der Waals surface area contributed by atoms with E-state index in [0.29, 0.717) is 18.0 Å². The Morgan fingerprint density at radius 2 is 2.19 bits per heavy atom. The van der Waals surface area contributed by atoms with Crippen molar-refractivity contribution < 1.29 is 13.7 Å². The van der Waals surface area contributed by atoms with Crippen molar-refractivity contribution in [3.63, 3.8) is 0 Å². The van der Waals surface area contributed by atoms with Crippen LogP contribution in [0, 0.1) is 18.7 Å². The Kier molecular flexibility index (Phi) is 4.24. The molecule has 3 heterocycles. The van der Waals surface area contributed by atoms with Crippen molar-refractivity contribution >= 4 is 28.5 Å². The second kappa shape index (κ2) is 6.70. The molecule has 1 aliphatic rings. The Balaban J connectivity index is 1.55. The highest BCUT2D eigenvalue weighted by Gasteiger charge is 2.29. The molecule has 3 aromatic rings. The first-order chi connectivity index (χ1) is 12.6. The summed E-state index contributed by atoms with van der Waals surface area (Å²) in [5.41, 5.74) is 1.35. The van der Waals surface area contributed by atoms with Crippen molar-refractivity contribution in [1.29, 1.82) is 0 Å². The Labute approximate surface area is 149 Å². The first kappa shape index (κ1) is 16.4. The smallest absolute Gasteiger partial charge is 0.263 e. The van der Waals surface area contributed by atoms with Crippen LogP contribution in [-0.4, -0.2) is 34.1 Å². The van der Waals surface area contributed by atoms with Gasteiger partial charge >= 0.3 is 0 Å². The van der Waals surface area contributed by atoms with Crippen molar-refractivity contribution in [3.05, 3.63) is 42.1 Å². The quantitative estimate of drug-likeness (QED) is 0.778. The fourth-order valence-electron chi connectivity index (χ4n) is 3.32. The lowest BCUT2D eigenvalue weighted by atomic mass is 9.96. The number of aryl methyl sites for hydroxylation is 1. The number of hydrogen-bond acceptors (Lipinski definition) is 6. The van der Waals surface area contributed by atoms with Crippen LogP contribution in [0.15, 0.2) is 35.1 Å². The minimum absolute atomic E-state index is 0.188. The number of nitrogens with one attached hydrogen (secondary N) is 1. The summed E-state index contributed by atoms with van der Waals surface area (Å²) in [6.45, 7) is 3.11. The summed E-state index contributed by atoms with van der Waals surface area (Å²) < 4.78 is 19.0. The van der Waals surface area contributed by atoms with Gasteiger partial charge in [-0.3, -0.25) is 4.79 Å². The predicted octanol–water partition coefficient (Wildman–Crippen LogP) is 2.92. The standard InChI is InChI=1S/C18H18FN5O2/c1-11-15-16(20-10-21-18(15)26-23-11)24-8-4-5-12(9-24)17(25)22-14-7-3-2-6-13(14)19/h2-3,6-7,10,12H,4-5,8-9H2,1H3,(H,22,25)/t12-/m0/s1. The van der Waals surface area contributed by atoms with Crippen LogP contribution in [0.3, 0.4) is 0 Å². The summed E-state index contributed by atoms with van der Waals surface area (Å²) in [4.78, 5) is 23.1. The lowest BCUT2D eigenvalue weighted by molar-refractivity contribution is -0.120. The SMILES string of the molecule is Cc1noc2ncnc(N3CCC[C@H](C(=O)Nc4ccccc4F)C3)c12. The van der Waals surface area contributed by atoms with Crippen LogP contribution in [0.4, 0.5) is 15.9 Å². The number of benzene rings is 1. The molecule has 1 atom stereocenters. The highest BCUT2D eigenvalue weighted by atomic mass is 19.1. The number of hydrogen-bond donors (Lipinski definition) is 1. The van der Waals surface area contributed by atoms with Gasteiger partial charge in [0, 0.05) is 13.1 Å². The highest BCUT2D eigenvalue weighted by Crippen LogP contribution is 2.30. The maximum absolute atomic E-state index is 13.8. The minimum atomic E-state index is -0.439. The number of carbonyl (C=O) groups excluding carboxylic acids is 1. The Hall–Kier alpha value is -3.03. The van der Waals surface area contributed by atoms with Crippen LogP contribution in [-0.2, 0) is 4.79 Å². The van der Waals surface area contributed by atoms with Gasteiger partial charge in [0.2, 0.25) is 5.91 Å². The molecule has 1 aliphatic heterocycles. The number of anilines is 2. The van der Waals surface area contributed by atoms with Crippen molar-refractivity contribution in [2.24, 2.45) is 5.92 Å². The van der Waals surface area contributed by atoms with Crippen LogP contribution < -0.4 is 10.2 Å². The first-order valence-corrected chi connectivity index (χ1v) is 8.51. The largest absolute Gasteiger partial charge is 0.355 e. The van der Waals surface area contributed by atoms with E-state index in [1.807, 2.05) is 11.8 Å². The molecule has 7 nitrogen and oxygen atoms in total. The van der Waals surface area contributed by atoms with E-state index in [0.717, 1.165) is 30.6 Å². The van der Waals surface area contributed by atoms with Gasteiger partial charge in [-0.25, -0.2) is 9.37 Å². The molecule has 0 aliphatic carbocycles. The van der Waals surface area contributed by atoms with E-state index >= 15 is 0 Å². The van der Waals surface area contributed by atoms with Gasteiger partial charge in [0.25, 0.3) is 5.71 Å². The third-order valence-corrected chi connectivity index (χ3v) is 4.65. The van der Waals surface area contributed by atoms with Crippen molar-refractivity contribution in [3.8, 4) is 0 Å². The second-order valence-corrected chi connectivity index (χ2v) is 6.40. The Morgan fingerprint density at radius 1 is 1.35 bits per heavy atom. The Morgan fingerprint density at radius 3 is 3.04 bits per heavy atom. The fraction of sp³-hybridized carbons (Fsp3) is 0.333. The predicted molar refractivity (Wildman–Crippen MR) is 94.3 cm³/mol. The number of fused-ring (bicyclic) bond motifs is 1. The molecule has 1 aromatic carbocycles. The summed E-state index contributed by atoms with van der Waals surface area (Å²) in [5, 5.41) is 7.40. The monoisotopic (exact) mass is 355 g/mol. The van der Waals surface area contributed by atoms with Crippen molar-refractivity contribution in [2.75, 3.05) is 23.3 Å². The maximum Gasteiger partial charge on any atom is 0.263 e. The van der Waals surface area contributed by atoms with E-state index in [2.05, 4.69) is 20.4 Å². The molecular weight excluding hydrogens is 337 g/mol. The number of halogens is 1. The molecule has 2 aromatic heterocycles. The molecule has 0 unspecified atom stereocenters. The van der Waals surface area contributed by atoms with Crippen LogP contribution in [0.2, 0.25) is 0 Å². The lowest BCUT2D eigenvalue weighted by Gasteiger charge is -2.33. The van der Waals surface area contributed by atoms with Crippen molar-refractivity contribution in [2.45, 2.75) is 19.8 Å². The number of aromatic nitrogens is 3. The Bertz CT molecular complexity index is 958. The normalized spacial score (nSPS) is 17.5. The van der Waals surface area contributed by atoms with E-state index in [1.165, 1.54) is 12.4 Å². The highest BCUT2D eigenvalue weighted by molar-refractivity contribution is 5.94. The van der Waals surface area contributed by atoms with Gasteiger partial charge in [0.1, 0.15) is 23.3 Å². The summed E-state index contributed by atoms with van der Waals surface area (Å²) in [6, 6.07) is 6.17. The summed E-state index contributed by atoms with van der Waals surface area (Å²) >= 11 is 0. The minimum Gasteiger partial charge on any atom is -0.355 e. The topological polar surface area (TPSA) is 84.2 Å². The van der Waals surface area contributed by atoms with Gasteiger partial charge < -0.3 is 14.7 Å². The average Bonchev–Trinajstić information content (AvgIpc) is 3.05. The number of nitrogens with zero attached hydrogens (tertiary/aromatic N) is 4. The van der Waals surface area contributed by atoms with Crippen LogP contribution >= 0.6 is 0 Å². The first-order valence-electron chi connectivity index (χ1n) is 8.51. The molecule has 4 rings (SSSR count). The van der Waals surface area contributed by atoms with Crippen LogP contribution in [0.25, 0.3) is 11.1 Å². The average molecular weight is 355 g/mol. The molecule has 0 bridgehead atoms. The molecule has 0 saturated carbocycles. The molecule has 1 saturated heterocycles. The van der Waals surface area contributed by atoms with E-state index in [4.69, 9.17) is 4.52 Å². The number of para-hydroxylation sites is 1. The van der Waals surface area contributed by atoms with Crippen LogP contribution in [0.1, 0.15) is 18.5 Å². The summed E-state index contributed by atoms with van der Waals surface area (Å²) in [5.74, 6) is -0.163. The van der Waals surface area contributed by atoms with E-state index in [9.17, 15) is 9.18 Å². The van der Waals surface area contributed by atoms with Gasteiger partial charge in [0.05, 0.1) is 17.3 Å². The fourth-order valence-corrected chi connectivity index (χ4v) is 3.32. The zero-order valence-electron chi connectivity index (χ0n) is 14.3. The molecule has 1 amide bonds. The molecule has 134 valence electrons. The third-order valence-electron chi connectivity index (χ3n) is 4.65. The van der Waals surface area contributed by atoms with Gasteiger partial charge in [-0.05, 0) is 31.9 Å². The van der Waals surface area contributed by atoms with E-state index in [1.54, 1.807) is 18.2 Å². The second-order valence-electron chi connectivity index (χ2n) is 6.40. The van der Waals surface area contributed by atoms with Gasteiger partial charge in [-0.15, -0.1) is 0 Å². The number of carbonyl (C=O) groups is 1. The van der Waals surface area contributed by atoms with Crippen molar-refractivity contribution in [1.82, 2.24) is 15.1 Å². The zero-order valence-corrected chi connectivity index (χ0v) is 14.3. The molecule has 1 fully saturated rings. The molecule has 0 spiro atoms. The maximum atomic E-state index is 13.8. The van der Waals surface area contributed by atoms with E-state index < -0.39 is 5.82 Å². The molecule has 26 heavy (non-hydrogen) atoms. The molecule has 1 N–H and O–H groups in total. The van der Waals surface area contributed by atoms with Gasteiger partial charge in [0.15, 0.2) is 0 Å².